The molecule has 0 bridgehead atoms. The number of nitrogens with one attached hydrogen (secondary N) is 2. The molecule has 3 rings (SSSR count). The van der Waals surface area contributed by atoms with E-state index in [2.05, 4.69) is 20.6 Å². The fourth-order valence-electron chi connectivity index (χ4n) is 2.69. The molecule has 0 saturated carbocycles. The highest BCUT2D eigenvalue weighted by atomic mass is 35.5. The van der Waals surface area contributed by atoms with Crippen LogP contribution in [0, 0.1) is 17.5 Å². The van der Waals surface area contributed by atoms with E-state index in [4.69, 9.17) is 4.74 Å². The van der Waals surface area contributed by atoms with Crippen LogP contribution in [0.2, 0.25) is 0 Å². The number of hydrogen-bond donors (Lipinski definition) is 2. The standard InChI is InChI=1S/C21H19F3N4O2.ClH/c1-25-9-3-11-30-18-8-10-26-12-17(18)28-21(29)16-7-6-15(24)20(27-16)19-13(22)4-2-5-14(19)23;/h2,4-8,10,12,25H,3,9,11H2,1H3,(H,28,29);1H. The lowest BCUT2D eigenvalue weighted by Gasteiger charge is -2.12. The molecule has 164 valence electrons. The van der Waals surface area contributed by atoms with Crippen molar-refractivity contribution >= 4 is 24.0 Å². The molecular weight excluding hydrogens is 433 g/mol. The van der Waals surface area contributed by atoms with E-state index in [-0.39, 0.29) is 23.8 Å². The zero-order valence-corrected chi connectivity index (χ0v) is 17.3. The molecule has 10 heteroatoms. The number of ether oxygens (including phenoxy) is 1. The van der Waals surface area contributed by atoms with E-state index < -0.39 is 34.6 Å². The quantitative estimate of drug-likeness (QED) is 0.500. The van der Waals surface area contributed by atoms with Crippen LogP contribution in [0.1, 0.15) is 16.9 Å². The van der Waals surface area contributed by atoms with Gasteiger partial charge in [0.1, 0.15) is 40.3 Å². The number of pyridine rings is 2. The molecule has 3 aromatic rings. The van der Waals surface area contributed by atoms with Gasteiger partial charge in [-0.3, -0.25) is 9.78 Å². The number of rotatable bonds is 8. The second kappa shape index (κ2) is 11.3. The van der Waals surface area contributed by atoms with Gasteiger partial charge in [0.15, 0.2) is 0 Å². The largest absolute Gasteiger partial charge is 0.491 e. The van der Waals surface area contributed by atoms with E-state index in [1.807, 2.05) is 7.05 Å². The van der Waals surface area contributed by atoms with E-state index in [0.717, 1.165) is 43.3 Å². The molecule has 0 aliphatic carbocycles. The number of hydrogen-bond acceptors (Lipinski definition) is 5. The van der Waals surface area contributed by atoms with Crippen molar-refractivity contribution in [2.45, 2.75) is 6.42 Å². The van der Waals surface area contributed by atoms with Crippen molar-refractivity contribution in [3.63, 3.8) is 0 Å². The summed E-state index contributed by atoms with van der Waals surface area (Å²) in [5.41, 5.74) is -1.16. The van der Waals surface area contributed by atoms with E-state index in [0.29, 0.717) is 12.4 Å². The van der Waals surface area contributed by atoms with Crippen molar-refractivity contribution in [3.05, 3.63) is 71.9 Å². The van der Waals surface area contributed by atoms with Gasteiger partial charge in [0.05, 0.1) is 18.4 Å². The van der Waals surface area contributed by atoms with Gasteiger partial charge in [0.25, 0.3) is 5.91 Å². The van der Waals surface area contributed by atoms with Crippen LogP contribution >= 0.6 is 12.4 Å². The number of aromatic nitrogens is 2. The Kier molecular flexibility index (Phi) is 8.77. The summed E-state index contributed by atoms with van der Waals surface area (Å²) >= 11 is 0. The van der Waals surface area contributed by atoms with E-state index in [9.17, 15) is 18.0 Å². The van der Waals surface area contributed by atoms with Crippen molar-refractivity contribution in [2.75, 3.05) is 25.5 Å². The molecule has 0 atom stereocenters. The van der Waals surface area contributed by atoms with Gasteiger partial charge in [0.2, 0.25) is 0 Å². The maximum atomic E-state index is 14.2. The third-order valence-electron chi connectivity index (χ3n) is 4.14. The summed E-state index contributed by atoms with van der Waals surface area (Å²) < 4.78 is 47.9. The van der Waals surface area contributed by atoms with Crippen LogP contribution in [-0.2, 0) is 0 Å². The van der Waals surface area contributed by atoms with Crippen LogP contribution in [0.15, 0.2) is 48.8 Å². The Balaban J connectivity index is 0.00000341. The molecule has 2 N–H and O–H groups in total. The molecule has 2 heterocycles. The number of halogens is 4. The summed E-state index contributed by atoms with van der Waals surface area (Å²) in [6, 6.07) is 6.77. The molecule has 0 unspecified atom stereocenters. The molecule has 31 heavy (non-hydrogen) atoms. The average Bonchev–Trinajstić information content (AvgIpc) is 2.73. The Morgan fingerprint density at radius 2 is 1.81 bits per heavy atom. The molecule has 0 radical (unpaired) electrons. The monoisotopic (exact) mass is 452 g/mol. The van der Waals surface area contributed by atoms with Crippen molar-refractivity contribution in [3.8, 4) is 17.0 Å². The molecule has 0 aliphatic rings. The van der Waals surface area contributed by atoms with Crippen LogP contribution < -0.4 is 15.4 Å². The number of benzene rings is 1. The maximum absolute atomic E-state index is 14.2. The topological polar surface area (TPSA) is 76.1 Å². The lowest BCUT2D eigenvalue weighted by atomic mass is 10.1. The molecule has 0 aliphatic heterocycles. The summed E-state index contributed by atoms with van der Waals surface area (Å²) in [5, 5.41) is 5.58. The van der Waals surface area contributed by atoms with Crippen LogP contribution in [-0.4, -0.2) is 36.1 Å². The Hall–Kier alpha value is -3.17. The number of anilines is 1. The van der Waals surface area contributed by atoms with E-state index >= 15 is 0 Å². The minimum Gasteiger partial charge on any atom is -0.491 e. The average molecular weight is 453 g/mol. The van der Waals surface area contributed by atoms with Gasteiger partial charge in [-0.25, -0.2) is 18.2 Å². The molecule has 1 aromatic carbocycles. The first-order valence-electron chi connectivity index (χ1n) is 9.15. The van der Waals surface area contributed by atoms with Crippen LogP contribution in [0.4, 0.5) is 18.9 Å². The van der Waals surface area contributed by atoms with Gasteiger partial charge in [-0.1, -0.05) is 6.07 Å². The molecular formula is C21H20ClF3N4O2. The van der Waals surface area contributed by atoms with Crippen molar-refractivity contribution in [2.24, 2.45) is 0 Å². The smallest absolute Gasteiger partial charge is 0.274 e. The highest BCUT2D eigenvalue weighted by molar-refractivity contribution is 6.03. The Morgan fingerprint density at radius 1 is 1.06 bits per heavy atom. The summed E-state index contributed by atoms with van der Waals surface area (Å²) in [6.07, 6.45) is 3.66. The van der Waals surface area contributed by atoms with Crippen LogP contribution in [0.3, 0.4) is 0 Å². The lowest BCUT2D eigenvalue weighted by Crippen LogP contribution is -2.16. The fraction of sp³-hybridized carbons (Fsp3) is 0.190. The van der Waals surface area contributed by atoms with E-state index in [1.165, 1.54) is 12.4 Å². The van der Waals surface area contributed by atoms with E-state index in [1.54, 1.807) is 6.07 Å². The van der Waals surface area contributed by atoms with Crippen molar-refractivity contribution in [1.29, 1.82) is 0 Å². The number of carbonyl (C=O) groups excluding carboxylic acids is 1. The number of nitrogens with zero attached hydrogens (tertiary/aromatic N) is 2. The summed E-state index contributed by atoms with van der Waals surface area (Å²) in [7, 11) is 1.83. The minimum atomic E-state index is -0.983. The first-order chi connectivity index (χ1) is 14.5. The van der Waals surface area contributed by atoms with Crippen molar-refractivity contribution in [1.82, 2.24) is 15.3 Å². The maximum Gasteiger partial charge on any atom is 0.274 e. The van der Waals surface area contributed by atoms with Gasteiger partial charge >= 0.3 is 0 Å². The zero-order chi connectivity index (χ0) is 21.5. The predicted molar refractivity (Wildman–Crippen MR) is 113 cm³/mol. The molecule has 2 aromatic heterocycles. The fourth-order valence-corrected chi connectivity index (χ4v) is 2.69. The molecule has 6 nitrogen and oxygen atoms in total. The second-order valence-corrected chi connectivity index (χ2v) is 6.26. The van der Waals surface area contributed by atoms with Gasteiger partial charge in [-0.15, -0.1) is 12.4 Å². The first kappa shape index (κ1) is 24.1. The number of carbonyl (C=O) groups is 1. The highest BCUT2D eigenvalue weighted by Crippen LogP contribution is 2.28. The summed E-state index contributed by atoms with van der Waals surface area (Å²) in [5.74, 6) is -3.23. The molecule has 0 saturated heterocycles. The van der Waals surface area contributed by atoms with Gasteiger partial charge in [-0.2, -0.15) is 0 Å². The van der Waals surface area contributed by atoms with Crippen LogP contribution in [0.5, 0.6) is 5.75 Å². The summed E-state index contributed by atoms with van der Waals surface area (Å²) in [6.45, 7) is 1.18. The Bertz CT molecular complexity index is 1030. The SMILES string of the molecule is CNCCCOc1ccncc1NC(=O)c1ccc(F)c(-c2c(F)cccc2F)n1.Cl. The lowest BCUT2D eigenvalue weighted by molar-refractivity contribution is 0.102. The third kappa shape index (κ3) is 5.93. The first-order valence-corrected chi connectivity index (χ1v) is 9.15. The summed E-state index contributed by atoms with van der Waals surface area (Å²) in [4.78, 5) is 20.4. The molecule has 0 spiro atoms. The molecule has 1 amide bonds. The van der Waals surface area contributed by atoms with Crippen LogP contribution in [0.25, 0.3) is 11.3 Å². The minimum absolute atomic E-state index is 0. The van der Waals surface area contributed by atoms with Gasteiger partial charge < -0.3 is 15.4 Å². The van der Waals surface area contributed by atoms with Crippen molar-refractivity contribution < 1.29 is 22.7 Å². The predicted octanol–water partition coefficient (Wildman–Crippen LogP) is 4.22. The second-order valence-electron chi connectivity index (χ2n) is 6.26. The normalized spacial score (nSPS) is 10.3. The van der Waals surface area contributed by atoms with Gasteiger partial charge in [0, 0.05) is 12.3 Å². The van der Waals surface area contributed by atoms with Gasteiger partial charge in [-0.05, 0) is 44.3 Å². The number of amides is 1. The molecule has 0 fully saturated rings. The Morgan fingerprint density at radius 3 is 2.52 bits per heavy atom. The highest BCUT2D eigenvalue weighted by Gasteiger charge is 2.20. The third-order valence-corrected chi connectivity index (χ3v) is 4.14. The Labute approximate surface area is 183 Å². The zero-order valence-electron chi connectivity index (χ0n) is 16.5.